The van der Waals surface area contributed by atoms with Crippen LogP contribution in [0.3, 0.4) is 0 Å². The van der Waals surface area contributed by atoms with Crippen molar-refractivity contribution in [2.45, 2.75) is 13.3 Å². The summed E-state index contributed by atoms with van der Waals surface area (Å²) in [4.78, 5) is 8.73. The van der Waals surface area contributed by atoms with Crippen LogP contribution >= 0.6 is 0 Å². The molecular weight excluding hydrogens is 250 g/mol. The van der Waals surface area contributed by atoms with Gasteiger partial charge in [-0.2, -0.15) is 0 Å². The number of hydrogen-bond donors (Lipinski definition) is 1. The van der Waals surface area contributed by atoms with Crippen LogP contribution in [0.5, 0.6) is 5.75 Å². The molecule has 1 aliphatic carbocycles. The van der Waals surface area contributed by atoms with Crippen molar-refractivity contribution in [1.29, 1.82) is 0 Å². The Kier molecular flexibility index (Phi) is 3.65. The fourth-order valence-corrected chi connectivity index (χ4v) is 2.33. The Hall–Kier alpha value is -1.94. The SMILES string of the molecule is Cc1cccc(-c2ncc(OCC3CC3CN)cn2)c1. The molecule has 2 unspecified atom stereocenters. The van der Waals surface area contributed by atoms with Gasteiger partial charge in [-0.25, -0.2) is 9.97 Å². The molecule has 1 heterocycles. The van der Waals surface area contributed by atoms with Crippen LogP contribution < -0.4 is 10.5 Å². The maximum absolute atomic E-state index is 5.70. The molecule has 1 aromatic heterocycles. The Morgan fingerprint density at radius 2 is 2.05 bits per heavy atom. The quantitative estimate of drug-likeness (QED) is 0.905. The van der Waals surface area contributed by atoms with Crippen LogP contribution in [0, 0.1) is 18.8 Å². The zero-order valence-corrected chi connectivity index (χ0v) is 11.6. The van der Waals surface area contributed by atoms with Crippen molar-refractivity contribution in [1.82, 2.24) is 9.97 Å². The normalized spacial score (nSPS) is 20.7. The first-order chi connectivity index (χ1) is 9.76. The maximum atomic E-state index is 5.70. The summed E-state index contributed by atoms with van der Waals surface area (Å²) in [5, 5.41) is 0. The molecule has 2 N–H and O–H groups in total. The van der Waals surface area contributed by atoms with Crippen LogP contribution in [0.25, 0.3) is 11.4 Å². The molecule has 2 atom stereocenters. The summed E-state index contributed by atoms with van der Waals surface area (Å²) < 4.78 is 5.70. The van der Waals surface area contributed by atoms with Crippen LogP contribution in [-0.4, -0.2) is 23.1 Å². The lowest BCUT2D eigenvalue weighted by atomic mass is 10.1. The molecule has 1 saturated carbocycles. The number of benzene rings is 1. The van der Waals surface area contributed by atoms with E-state index in [1.54, 1.807) is 12.4 Å². The molecule has 4 heteroatoms. The van der Waals surface area contributed by atoms with Gasteiger partial charge in [0.2, 0.25) is 0 Å². The summed E-state index contributed by atoms with van der Waals surface area (Å²) in [6.07, 6.45) is 4.66. The molecule has 0 saturated heterocycles. The smallest absolute Gasteiger partial charge is 0.159 e. The number of ether oxygens (including phenoxy) is 1. The van der Waals surface area contributed by atoms with E-state index in [1.807, 2.05) is 12.1 Å². The Morgan fingerprint density at radius 3 is 2.70 bits per heavy atom. The fourth-order valence-electron chi connectivity index (χ4n) is 2.33. The number of nitrogens with two attached hydrogens (primary N) is 1. The molecule has 0 bridgehead atoms. The number of nitrogens with zero attached hydrogens (tertiary/aromatic N) is 2. The molecule has 0 amide bonds. The molecule has 4 nitrogen and oxygen atoms in total. The van der Waals surface area contributed by atoms with Gasteiger partial charge in [-0.1, -0.05) is 23.8 Å². The van der Waals surface area contributed by atoms with E-state index in [0.717, 1.165) is 30.3 Å². The van der Waals surface area contributed by atoms with E-state index in [2.05, 4.69) is 29.0 Å². The van der Waals surface area contributed by atoms with Crippen molar-refractivity contribution in [3.05, 3.63) is 42.2 Å². The van der Waals surface area contributed by atoms with Gasteiger partial charge in [-0.05, 0) is 37.8 Å². The van der Waals surface area contributed by atoms with Crippen LogP contribution in [0.15, 0.2) is 36.7 Å². The van der Waals surface area contributed by atoms with Crippen molar-refractivity contribution in [3.63, 3.8) is 0 Å². The second-order valence-electron chi connectivity index (χ2n) is 5.41. The lowest BCUT2D eigenvalue weighted by molar-refractivity contribution is 0.290. The van der Waals surface area contributed by atoms with Gasteiger partial charge in [0, 0.05) is 5.56 Å². The van der Waals surface area contributed by atoms with Crippen LogP contribution in [0.2, 0.25) is 0 Å². The fraction of sp³-hybridized carbons (Fsp3) is 0.375. The van der Waals surface area contributed by atoms with Crippen LogP contribution in [0.1, 0.15) is 12.0 Å². The molecule has 1 fully saturated rings. The number of hydrogen-bond acceptors (Lipinski definition) is 4. The molecule has 3 rings (SSSR count). The van der Waals surface area contributed by atoms with E-state index >= 15 is 0 Å². The standard InChI is InChI=1S/C16H19N3O/c1-11-3-2-4-12(5-11)16-18-8-15(9-19-16)20-10-14-6-13(14)7-17/h2-5,8-9,13-14H,6-7,10,17H2,1H3. The first-order valence-corrected chi connectivity index (χ1v) is 6.98. The van der Waals surface area contributed by atoms with E-state index in [4.69, 9.17) is 10.5 Å². The summed E-state index contributed by atoms with van der Waals surface area (Å²) in [6, 6.07) is 8.16. The molecule has 0 radical (unpaired) electrons. The summed E-state index contributed by atoms with van der Waals surface area (Å²) in [5.74, 6) is 2.70. The van der Waals surface area contributed by atoms with E-state index in [9.17, 15) is 0 Å². The average molecular weight is 269 g/mol. The average Bonchev–Trinajstić information content (AvgIpc) is 3.24. The van der Waals surface area contributed by atoms with Crippen molar-refractivity contribution in [3.8, 4) is 17.1 Å². The lowest BCUT2D eigenvalue weighted by Gasteiger charge is -2.06. The van der Waals surface area contributed by atoms with Crippen molar-refractivity contribution in [2.24, 2.45) is 17.6 Å². The molecule has 104 valence electrons. The first-order valence-electron chi connectivity index (χ1n) is 6.98. The monoisotopic (exact) mass is 269 g/mol. The highest BCUT2D eigenvalue weighted by molar-refractivity contribution is 5.55. The van der Waals surface area contributed by atoms with Gasteiger partial charge >= 0.3 is 0 Å². The van der Waals surface area contributed by atoms with Crippen molar-refractivity contribution >= 4 is 0 Å². The molecule has 20 heavy (non-hydrogen) atoms. The molecule has 0 aliphatic heterocycles. The third-order valence-corrected chi connectivity index (χ3v) is 3.74. The summed E-state index contributed by atoms with van der Waals surface area (Å²) >= 11 is 0. The third-order valence-electron chi connectivity index (χ3n) is 3.74. The minimum absolute atomic E-state index is 0.608. The largest absolute Gasteiger partial charge is 0.490 e. The van der Waals surface area contributed by atoms with E-state index in [1.165, 1.54) is 12.0 Å². The second kappa shape index (κ2) is 5.59. The minimum atomic E-state index is 0.608. The highest BCUT2D eigenvalue weighted by Gasteiger charge is 2.36. The van der Waals surface area contributed by atoms with Gasteiger partial charge in [0.1, 0.15) is 0 Å². The van der Waals surface area contributed by atoms with E-state index < -0.39 is 0 Å². The van der Waals surface area contributed by atoms with Gasteiger partial charge in [0.15, 0.2) is 11.6 Å². The van der Waals surface area contributed by atoms with Gasteiger partial charge < -0.3 is 10.5 Å². The molecule has 0 spiro atoms. The summed E-state index contributed by atoms with van der Waals surface area (Å²) in [7, 11) is 0. The molecule has 1 aromatic carbocycles. The minimum Gasteiger partial charge on any atom is -0.490 e. The van der Waals surface area contributed by atoms with Crippen LogP contribution in [0.4, 0.5) is 0 Å². The second-order valence-corrected chi connectivity index (χ2v) is 5.41. The molecule has 1 aliphatic rings. The summed E-state index contributed by atoms with van der Waals surface area (Å²) in [5.41, 5.74) is 7.84. The predicted molar refractivity (Wildman–Crippen MR) is 78.4 cm³/mol. The van der Waals surface area contributed by atoms with Gasteiger partial charge in [0.05, 0.1) is 19.0 Å². The summed E-state index contributed by atoms with van der Waals surface area (Å²) in [6.45, 7) is 3.54. The lowest BCUT2D eigenvalue weighted by Crippen LogP contribution is -2.07. The zero-order chi connectivity index (χ0) is 13.9. The first kappa shape index (κ1) is 13.1. The highest BCUT2D eigenvalue weighted by Crippen LogP contribution is 2.37. The van der Waals surface area contributed by atoms with E-state index in [0.29, 0.717) is 11.8 Å². The topological polar surface area (TPSA) is 61.0 Å². The number of aryl methyl sites for hydroxylation is 1. The predicted octanol–water partition coefficient (Wildman–Crippen LogP) is 2.43. The third kappa shape index (κ3) is 2.96. The van der Waals surface area contributed by atoms with Crippen molar-refractivity contribution < 1.29 is 4.74 Å². The van der Waals surface area contributed by atoms with Gasteiger partial charge in [0.25, 0.3) is 0 Å². The van der Waals surface area contributed by atoms with Crippen molar-refractivity contribution in [2.75, 3.05) is 13.2 Å². The number of aromatic nitrogens is 2. The molecule has 2 aromatic rings. The maximum Gasteiger partial charge on any atom is 0.159 e. The number of rotatable bonds is 5. The van der Waals surface area contributed by atoms with Gasteiger partial charge in [-0.3, -0.25) is 0 Å². The van der Waals surface area contributed by atoms with E-state index in [-0.39, 0.29) is 0 Å². The zero-order valence-electron chi connectivity index (χ0n) is 11.6. The Balaban J connectivity index is 1.62. The molecular formula is C16H19N3O. The van der Waals surface area contributed by atoms with Crippen LogP contribution in [-0.2, 0) is 0 Å². The highest BCUT2D eigenvalue weighted by atomic mass is 16.5. The Labute approximate surface area is 119 Å². The Morgan fingerprint density at radius 1 is 1.25 bits per heavy atom. The Bertz CT molecular complexity index is 583. The van der Waals surface area contributed by atoms with Gasteiger partial charge in [-0.15, -0.1) is 0 Å².